The molecule has 1 aromatic carbocycles. The van der Waals surface area contributed by atoms with Gasteiger partial charge in [0.05, 0.1) is 11.9 Å². The zero-order valence-electron chi connectivity index (χ0n) is 19.4. The SMILES string of the molecule is Cc1cc(-c2cnn(CC3(C)CCCC3)c2)c(-c2ccc3c(c2)C(=O)N(C)C3)nc1C(N)=O. The third-order valence-electron chi connectivity index (χ3n) is 7.11. The lowest BCUT2D eigenvalue weighted by atomic mass is 9.89. The smallest absolute Gasteiger partial charge is 0.267 e. The van der Waals surface area contributed by atoms with Crippen molar-refractivity contribution in [2.45, 2.75) is 52.6 Å². The zero-order valence-corrected chi connectivity index (χ0v) is 19.4. The second kappa shape index (κ2) is 7.83. The van der Waals surface area contributed by atoms with Gasteiger partial charge in [-0.2, -0.15) is 5.10 Å². The Bertz CT molecular complexity index is 1270. The minimum Gasteiger partial charge on any atom is -0.364 e. The third kappa shape index (κ3) is 3.81. The van der Waals surface area contributed by atoms with Gasteiger partial charge in [-0.25, -0.2) is 4.98 Å². The molecule has 1 aliphatic carbocycles. The second-order valence-corrected chi connectivity index (χ2v) is 9.89. The average molecular weight is 444 g/mol. The molecule has 0 saturated heterocycles. The molecule has 2 N–H and O–H groups in total. The molecule has 1 saturated carbocycles. The van der Waals surface area contributed by atoms with Crippen molar-refractivity contribution >= 4 is 11.8 Å². The number of pyridine rings is 1. The number of aryl methyl sites for hydroxylation is 1. The van der Waals surface area contributed by atoms with E-state index in [1.54, 1.807) is 11.9 Å². The largest absolute Gasteiger partial charge is 0.364 e. The molecule has 0 unspecified atom stereocenters. The fourth-order valence-electron chi connectivity index (χ4n) is 5.26. The molecule has 1 fully saturated rings. The summed E-state index contributed by atoms with van der Waals surface area (Å²) >= 11 is 0. The highest BCUT2D eigenvalue weighted by Crippen LogP contribution is 2.39. The van der Waals surface area contributed by atoms with Crippen LogP contribution < -0.4 is 5.73 Å². The Hall–Kier alpha value is -3.48. The summed E-state index contributed by atoms with van der Waals surface area (Å²) in [5, 5.41) is 4.64. The Morgan fingerprint density at radius 3 is 2.64 bits per heavy atom. The lowest BCUT2D eigenvalue weighted by molar-refractivity contribution is 0.0816. The summed E-state index contributed by atoms with van der Waals surface area (Å²) in [6.07, 6.45) is 8.91. The molecule has 0 radical (unpaired) electrons. The van der Waals surface area contributed by atoms with Crippen molar-refractivity contribution in [1.82, 2.24) is 19.7 Å². The van der Waals surface area contributed by atoms with Crippen molar-refractivity contribution in [3.8, 4) is 22.4 Å². The Labute approximate surface area is 193 Å². The molecule has 3 heterocycles. The van der Waals surface area contributed by atoms with E-state index in [1.807, 2.05) is 42.1 Å². The molecule has 0 bridgehead atoms. The molecule has 2 amide bonds. The Balaban J connectivity index is 1.60. The van der Waals surface area contributed by atoms with Gasteiger partial charge in [0.1, 0.15) is 5.69 Å². The highest BCUT2D eigenvalue weighted by atomic mass is 16.2. The first-order chi connectivity index (χ1) is 15.7. The fraction of sp³-hybridized carbons (Fsp3) is 0.385. The van der Waals surface area contributed by atoms with E-state index >= 15 is 0 Å². The van der Waals surface area contributed by atoms with Crippen molar-refractivity contribution in [3.63, 3.8) is 0 Å². The van der Waals surface area contributed by atoms with Crippen LogP contribution in [0.1, 0.15) is 64.6 Å². The summed E-state index contributed by atoms with van der Waals surface area (Å²) in [5.41, 5.74) is 11.7. The number of rotatable bonds is 5. The van der Waals surface area contributed by atoms with Crippen LogP contribution in [0, 0.1) is 12.3 Å². The topological polar surface area (TPSA) is 94.1 Å². The summed E-state index contributed by atoms with van der Waals surface area (Å²) in [6.45, 7) is 5.65. The molecule has 5 rings (SSSR count). The number of amides is 2. The first kappa shape index (κ1) is 21.4. The van der Waals surface area contributed by atoms with E-state index in [2.05, 4.69) is 23.2 Å². The molecule has 0 atom stereocenters. The van der Waals surface area contributed by atoms with Crippen LogP contribution in [0.25, 0.3) is 22.4 Å². The summed E-state index contributed by atoms with van der Waals surface area (Å²) in [5.74, 6) is -0.574. The number of nitrogens with zero attached hydrogens (tertiary/aromatic N) is 4. The molecule has 2 aliphatic rings. The summed E-state index contributed by atoms with van der Waals surface area (Å²) in [7, 11) is 1.79. The standard InChI is InChI=1S/C26H29N5O2/c1-16-10-20(19-12-28-31(14-19)15-26(2)8-4-5-9-26)23(29-22(16)24(27)32)17-6-7-18-13-30(3)25(33)21(18)11-17/h6-7,10-12,14H,4-5,8-9,13,15H2,1-3H3,(H2,27,32). The Morgan fingerprint density at radius 1 is 1.15 bits per heavy atom. The fourth-order valence-corrected chi connectivity index (χ4v) is 5.26. The Morgan fingerprint density at radius 2 is 1.91 bits per heavy atom. The zero-order chi connectivity index (χ0) is 23.3. The van der Waals surface area contributed by atoms with Gasteiger partial charge in [-0.3, -0.25) is 14.3 Å². The number of aromatic nitrogens is 3. The molecule has 3 aromatic rings. The second-order valence-electron chi connectivity index (χ2n) is 9.89. The van der Waals surface area contributed by atoms with E-state index in [9.17, 15) is 9.59 Å². The van der Waals surface area contributed by atoms with Crippen molar-refractivity contribution in [3.05, 3.63) is 59.0 Å². The first-order valence-corrected chi connectivity index (χ1v) is 11.5. The molecule has 170 valence electrons. The maximum absolute atomic E-state index is 12.6. The summed E-state index contributed by atoms with van der Waals surface area (Å²) in [4.78, 5) is 31.0. The van der Waals surface area contributed by atoms with Crippen LogP contribution in [-0.2, 0) is 13.1 Å². The van der Waals surface area contributed by atoms with Gasteiger partial charge in [0, 0.05) is 48.6 Å². The van der Waals surface area contributed by atoms with Crippen molar-refractivity contribution < 1.29 is 9.59 Å². The van der Waals surface area contributed by atoms with Crippen LogP contribution in [0.4, 0.5) is 0 Å². The number of fused-ring (bicyclic) bond motifs is 1. The van der Waals surface area contributed by atoms with Gasteiger partial charge < -0.3 is 10.6 Å². The quantitative estimate of drug-likeness (QED) is 0.640. The van der Waals surface area contributed by atoms with Gasteiger partial charge in [-0.15, -0.1) is 0 Å². The molecule has 33 heavy (non-hydrogen) atoms. The van der Waals surface area contributed by atoms with Crippen molar-refractivity contribution in [1.29, 1.82) is 0 Å². The van der Waals surface area contributed by atoms with Crippen LogP contribution >= 0.6 is 0 Å². The van der Waals surface area contributed by atoms with Crippen LogP contribution in [0.3, 0.4) is 0 Å². The number of nitrogens with two attached hydrogens (primary N) is 1. The molecule has 1 aliphatic heterocycles. The van der Waals surface area contributed by atoms with E-state index in [-0.39, 0.29) is 17.0 Å². The minimum atomic E-state index is -0.567. The molecular formula is C26H29N5O2. The monoisotopic (exact) mass is 443 g/mol. The number of hydrogen-bond acceptors (Lipinski definition) is 4. The number of benzene rings is 1. The van der Waals surface area contributed by atoms with Crippen molar-refractivity contribution in [2.24, 2.45) is 11.1 Å². The number of carbonyl (C=O) groups excluding carboxylic acids is 2. The van der Waals surface area contributed by atoms with Crippen LogP contribution in [0.2, 0.25) is 0 Å². The lowest BCUT2D eigenvalue weighted by Crippen LogP contribution is -2.19. The van der Waals surface area contributed by atoms with Gasteiger partial charge in [0.2, 0.25) is 0 Å². The van der Waals surface area contributed by atoms with Gasteiger partial charge in [0.15, 0.2) is 0 Å². The van der Waals surface area contributed by atoms with Crippen LogP contribution in [0.15, 0.2) is 36.7 Å². The van der Waals surface area contributed by atoms with Crippen molar-refractivity contribution in [2.75, 3.05) is 7.05 Å². The highest BCUT2D eigenvalue weighted by Gasteiger charge is 2.30. The van der Waals surface area contributed by atoms with E-state index in [4.69, 9.17) is 5.73 Å². The van der Waals surface area contributed by atoms with E-state index in [0.717, 1.165) is 28.8 Å². The third-order valence-corrected chi connectivity index (χ3v) is 7.11. The Kier molecular flexibility index (Phi) is 5.07. The minimum absolute atomic E-state index is 0.00624. The van der Waals surface area contributed by atoms with E-state index < -0.39 is 5.91 Å². The number of carbonyl (C=O) groups is 2. The van der Waals surface area contributed by atoms with Gasteiger partial charge in [-0.1, -0.05) is 31.9 Å². The molecule has 7 nitrogen and oxygen atoms in total. The van der Waals surface area contributed by atoms with E-state index in [1.165, 1.54) is 25.7 Å². The van der Waals surface area contributed by atoms with Crippen LogP contribution in [-0.4, -0.2) is 38.5 Å². The number of hydrogen-bond donors (Lipinski definition) is 1. The summed E-state index contributed by atoms with van der Waals surface area (Å²) < 4.78 is 2.02. The lowest BCUT2D eigenvalue weighted by Gasteiger charge is -2.23. The predicted octanol–water partition coefficient (Wildman–Crippen LogP) is 4.19. The average Bonchev–Trinajstić information content (AvgIpc) is 3.48. The highest BCUT2D eigenvalue weighted by molar-refractivity contribution is 6.00. The maximum Gasteiger partial charge on any atom is 0.267 e. The predicted molar refractivity (Wildman–Crippen MR) is 127 cm³/mol. The molecule has 7 heteroatoms. The summed E-state index contributed by atoms with van der Waals surface area (Å²) in [6, 6.07) is 7.74. The van der Waals surface area contributed by atoms with Crippen LogP contribution in [0.5, 0.6) is 0 Å². The van der Waals surface area contributed by atoms with Gasteiger partial charge >= 0.3 is 0 Å². The maximum atomic E-state index is 12.6. The normalized spacial score (nSPS) is 16.9. The van der Waals surface area contributed by atoms with Gasteiger partial charge in [-0.05, 0) is 48.4 Å². The van der Waals surface area contributed by atoms with Gasteiger partial charge in [0.25, 0.3) is 11.8 Å². The molecular weight excluding hydrogens is 414 g/mol. The number of primary amides is 1. The van der Waals surface area contributed by atoms with E-state index in [0.29, 0.717) is 23.4 Å². The molecule has 2 aromatic heterocycles. The molecule has 0 spiro atoms. The first-order valence-electron chi connectivity index (χ1n) is 11.5.